The number of aromatic nitrogens is 2. The van der Waals surface area contributed by atoms with Crippen molar-refractivity contribution in [1.29, 1.82) is 0 Å². The van der Waals surface area contributed by atoms with E-state index in [1.165, 1.54) is 10.7 Å². The summed E-state index contributed by atoms with van der Waals surface area (Å²) in [4.78, 5) is 26.0. The van der Waals surface area contributed by atoms with Crippen LogP contribution in [0.3, 0.4) is 0 Å². The van der Waals surface area contributed by atoms with Crippen LogP contribution in [0.2, 0.25) is 0 Å². The van der Waals surface area contributed by atoms with Crippen molar-refractivity contribution in [2.24, 2.45) is 0 Å². The quantitative estimate of drug-likeness (QED) is 0.244. The number of carbonyl (C=O) groups excluding carboxylic acids is 2. The lowest BCUT2D eigenvalue weighted by atomic mass is 9.87. The molecule has 1 aliphatic rings. The van der Waals surface area contributed by atoms with E-state index >= 15 is 0 Å². The molecule has 0 bridgehead atoms. The van der Waals surface area contributed by atoms with E-state index in [1.54, 1.807) is 12.1 Å². The van der Waals surface area contributed by atoms with Gasteiger partial charge in [-0.1, -0.05) is 62.7 Å². The van der Waals surface area contributed by atoms with E-state index in [4.69, 9.17) is 0 Å². The van der Waals surface area contributed by atoms with Gasteiger partial charge in [0.15, 0.2) is 0 Å². The minimum atomic E-state index is -0.314. The fourth-order valence-electron chi connectivity index (χ4n) is 4.46. The Bertz CT molecular complexity index is 1510. The Morgan fingerprint density at radius 3 is 2.31 bits per heavy atom. The van der Waals surface area contributed by atoms with Crippen LogP contribution in [0.1, 0.15) is 72.3 Å². The molecule has 7 nitrogen and oxygen atoms in total. The average molecular weight is 523 g/mol. The Morgan fingerprint density at radius 2 is 1.67 bits per heavy atom. The van der Waals surface area contributed by atoms with Crippen molar-refractivity contribution < 1.29 is 14.7 Å². The number of aromatic hydroxyl groups is 1. The standard InChI is InChI=1S/C32H34N4O3/c1-20-5-7-21(8-6-20)19-33-31(39)36-28(22-9-10-22)18-27(35-36)26-17-25(15-16-29(26)37)34-30(38)23-11-13-24(14-12-23)32(2,3)4/h5-8,11-18,22,37H,9-10,19H2,1-4H3,(H,33,39)(H,34,38). The Morgan fingerprint density at radius 1 is 0.974 bits per heavy atom. The molecule has 0 spiro atoms. The number of aryl methyl sites for hydroxylation is 1. The van der Waals surface area contributed by atoms with E-state index in [2.05, 4.69) is 36.5 Å². The van der Waals surface area contributed by atoms with Crippen LogP contribution >= 0.6 is 0 Å². The van der Waals surface area contributed by atoms with Gasteiger partial charge in [-0.15, -0.1) is 0 Å². The van der Waals surface area contributed by atoms with Gasteiger partial charge in [-0.05, 0) is 72.7 Å². The highest BCUT2D eigenvalue weighted by Crippen LogP contribution is 2.42. The van der Waals surface area contributed by atoms with Gasteiger partial charge in [-0.2, -0.15) is 9.78 Å². The summed E-state index contributed by atoms with van der Waals surface area (Å²) >= 11 is 0. The maximum Gasteiger partial charge on any atom is 0.342 e. The number of nitrogens with one attached hydrogen (secondary N) is 2. The molecule has 2 amide bonds. The Labute approximate surface area is 228 Å². The van der Waals surface area contributed by atoms with E-state index in [-0.39, 0.29) is 29.0 Å². The molecule has 1 aromatic heterocycles. The van der Waals surface area contributed by atoms with Crippen LogP contribution in [0.5, 0.6) is 5.75 Å². The highest BCUT2D eigenvalue weighted by atomic mass is 16.3. The van der Waals surface area contributed by atoms with Gasteiger partial charge in [0.2, 0.25) is 0 Å². The number of carbonyl (C=O) groups is 2. The van der Waals surface area contributed by atoms with Crippen molar-refractivity contribution in [2.45, 2.75) is 58.4 Å². The fraction of sp³-hybridized carbons (Fsp3) is 0.281. The van der Waals surface area contributed by atoms with Crippen molar-refractivity contribution in [2.75, 3.05) is 5.32 Å². The summed E-state index contributed by atoms with van der Waals surface area (Å²) in [7, 11) is 0. The number of phenols is 1. The van der Waals surface area contributed by atoms with Crippen molar-refractivity contribution in [1.82, 2.24) is 15.1 Å². The zero-order valence-corrected chi connectivity index (χ0v) is 22.8. The highest BCUT2D eigenvalue weighted by molar-refractivity contribution is 6.04. The van der Waals surface area contributed by atoms with Crippen LogP contribution in [0.4, 0.5) is 10.5 Å². The molecule has 3 N–H and O–H groups in total. The lowest BCUT2D eigenvalue weighted by Gasteiger charge is -2.19. The third-order valence-electron chi connectivity index (χ3n) is 7.03. The SMILES string of the molecule is Cc1ccc(CNC(=O)n2nc(-c3cc(NC(=O)c4ccc(C(C)(C)C)cc4)ccc3O)cc2C2CC2)cc1. The van der Waals surface area contributed by atoms with E-state index < -0.39 is 0 Å². The van der Waals surface area contributed by atoms with Gasteiger partial charge in [0.25, 0.3) is 5.91 Å². The Hall–Kier alpha value is -4.39. The van der Waals surface area contributed by atoms with Gasteiger partial charge >= 0.3 is 6.03 Å². The van der Waals surface area contributed by atoms with E-state index in [1.807, 2.05) is 61.5 Å². The lowest BCUT2D eigenvalue weighted by Crippen LogP contribution is -2.30. The second-order valence-electron chi connectivity index (χ2n) is 11.3. The zero-order chi connectivity index (χ0) is 27.7. The molecular formula is C32H34N4O3. The first-order valence-corrected chi connectivity index (χ1v) is 13.3. The molecule has 1 saturated carbocycles. The third kappa shape index (κ3) is 6.03. The maximum absolute atomic E-state index is 13.1. The maximum atomic E-state index is 13.1. The first-order chi connectivity index (χ1) is 18.6. The van der Waals surface area contributed by atoms with Crippen LogP contribution in [-0.4, -0.2) is 26.8 Å². The first-order valence-electron chi connectivity index (χ1n) is 13.3. The number of phenolic OH excluding ortho intramolecular Hbond substituents is 1. The van der Waals surface area contributed by atoms with Gasteiger partial charge < -0.3 is 15.7 Å². The Kier molecular flexibility index (Phi) is 7.00. The second kappa shape index (κ2) is 10.4. The number of rotatable bonds is 6. The molecule has 0 unspecified atom stereocenters. The van der Waals surface area contributed by atoms with Gasteiger partial charge in [0, 0.05) is 29.3 Å². The molecule has 1 aliphatic carbocycles. The molecule has 5 rings (SSSR count). The van der Waals surface area contributed by atoms with Gasteiger partial charge in [-0.3, -0.25) is 4.79 Å². The predicted molar refractivity (Wildman–Crippen MR) is 153 cm³/mol. The van der Waals surface area contributed by atoms with Gasteiger partial charge in [0.05, 0.1) is 11.4 Å². The molecule has 0 atom stereocenters. The molecule has 7 heteroatoms. The predicted octanol–water partition coefficient (Wildman–Crippen LogP) is 6.75. The number of hydrogen-bond acceptors (Lipinski definition) is 4. The highest BCUT2D eigenvalue weighted by Gasteiger charge is 2.31. The van der Waals surface area contributed by atoms with Crippen molar-refractivity contribution in [3.63, 3.8) is 0 Å². The van der Waals surface area contributed by atoms with E-state index in [0.717, 1.165) is 35.2 Å². The minimum absolute atomic E-state index is 0.00116. The molecule has 4 aromatic rings. The molecule has 0 radical (unpaired) electrons. The number of hydrogen-bond donors (Lipinski definition) is 3. The van der Waals surface area contributed by atoms with Crippen LogP contribution in [0.15, 0.2) is 72.8 Å². The average Bonchev–Trinajstić information content (AvgIpc) is 3.67. The smallest absolute Gasteiger partial charge is 0.342 e. The summed E-state index contributed by atoms with van der Waals surface area (Å²) in [5, 5.41) is 21.1. The lowest BCUT2D eigenvalue weighted by molar-refractivity contribution is 0.102. The third-order valence-corrected chi connectivity index (χ3v) is 7.03. The largest absolute Gasteiger partial charge is 0.507 e. The summed E-state index contributed by atoms with van der Waals surface area (Å²) in [6.45, 7) is 8.80. The minimum Gasteiger partial charge on any atom is -0.507 e. The topological polar surface area (TPSA) is 96.3 Å². The summed E-state index contributed by atoms with van der Waals surface area (Å²) in [5.41, 5.74) is 6.13. The van der Waals surface area contributed by atoms with Crippen molar-refractivity contribution >= 4 is 17.6 Å². The number of anilines is 1. The van der Waals surface area contributed by atoms with Crippen LogP contribution < -0.4 is 10.6 Å². The normalized spacial score (nSPS) is 13.2. The fourth-order valence-corrected chi connectivity index (χ4v) is 4.46. The van der Waals surface area contributed by atoms with Crippen LogP contribution in [-0.2, 0) is 12.0 Å². The second-order valence-corrected chi connectivity index (χ2v) is 11.3. The molecule has 1 heterocycles. The van der Waals surface area contributed by atoms with E-state index in [0.29, 0.717) is 29.1 Å². The Balaban J connectivity index is 1.35. The first kappa shape index (κ1) is 26.2. The summed E-state index contributed by atoms with van der Waals surface area (Å²) < 4.78 is 1.41. The van der Waals surface area contributed by atoms with E-state index in [9.17, 15) is 14.7 Å². The molecule has 0 saturated heterocycles. The monoisotopic (exact) mass is 522 g/mol. The summed E-state index contributed by atoms with van der Waals surface area (Å²) in [6.07, 6.45) is 1.99. The molecule has 39 heavy (non-hydrogen) atoms. The van der Waals surface area contributed by atoms with Crippen LogP contribution in [0, 0.1) is 6.92 Å². The molecule has 3 aromatic carbocycles. The van der Waals surface area contributed by atoms with Crippen molar-refractivity contribution in [3.8, 4) is 17.0 Å². The number of benzene rings is 3. The molecule has 0 aliphatic heterocycles. The van der Waals surface area contributed by atoms with Gasteiger partial charge in [0.1, 0.15) is 5.75 Å². The van der Waals surface area contributed by atoms with Gasteiger partial charge in [-0.25, -0.2) is 4.79 Å². The van der Waals surface area contributed by atoms with Crippen molar-refractivity contribution in [3.05, 3.63) is 101 Å². The summed E-state index contributed by atoms with van der Waals surface area (Å²) in [6, 6.07) is 22.0. The van der Waals surface area contributed by atoms with Crippen LogP contribution in [0.25, 0.3) is 11.3 Å². The number of amides is 2. The number of nitrogens with zero attached hydrogens (tertiary/aromatic N) is 2. The molecule has 1 fully saturated rings. The molecular weight excluding hydrogens is 488 g/mol. The zero-order valence-electron chi connectivity index (χ0n) is 22.8. The molecule has 200 valence electrons. The summed E-state index contributed by atoms with van der Waals surface area (Å²) in [5.74, 6) is 0.0406.